The third-order valence-electron chi connectivity index (χ3n) is 0. The zero-order chi connectivity index (χ0) is 3.58. The number of hydrogen-bond acceptors (Lipinski definition) is 1. The molecule has 5 heavy (non-hydrogen) atoms. The second-order valence-corrected chi connectivity index (χ2v) is 1.55. The fraction of sp³-hybridized carbons (Fsp3) is 0. The van der Waals surface area contributed by atoms with Crippen molar-refractivity contribution in [2.45, 2.75) is 0 Å². The van der Waals surface area contributed by atoms with Gasteiger partial charge >= 0.3 is 30.4 Å². The first-order valence-electron chi connectivity index (χ1n) is 0.532. The summed E-state index contributed by atoms with van der Waals surface area (Å²) in [6.07, 6.45) is 0. The molecule has 5 heteroatoms. The summed E-state index contributed by atoms with van der Waals surface area (Å²) in [5.74, 6) is 0. The minimum atomic E-state index is -3.61. The van der Waals surface area contributed by atoms with Crippen molar-refractivity contribution in [1.82, 2.24) is 0 Å². The van der Waals surface area contributed by atoms with E-state index in [0.717, 1.165) is 0 Å². The summed E-state index contributed by atoms with van der Waals surface area (Å²) >= 11 is -3.61. The van der Waals surface area contributed by atoms with Gasteiger partial charge in [0.2, 0.25) is 0 Å². The van der Waals surface area contributed by atoms with Gasteiger partial charge in [0.25, 0.3) is 0 Å². The molecule has 0 spiro atoms. The van der Waals surface area contributed by atoms with E-state index < -0.39 is 20.4 Å². The molecule has 0 aromatic rings. The van der Waals surface area contributed by atoms with E-state index in [1.54, 1.807) is 0 Å². The third-order valence-corrected chi connectivity index (χ3v) is 0. The minimum absolute atomic E-state index is 0. The molecule has 0 saturated carbocycles. The normalized spacial score (nSPS) is 7.00. The Bertz CT molecular complexity index is 29.9. The third kappa shape index (κ3) is 34.8. The Labute approximate surface area is 53.2 Å². The standard InChI is InChI=1S/Mg.H2O3Te/c;1-4(2)3/h;(H2,1,2,3). The van der Waals surface area contributed by atoms with Crippen molar-refractivity contribution in [3.8, 4) is 0 Å². The molecule has 2 radical (unpaired) electrons. The first kappa shape index (κ1) is 9.55. The maximum Gasteiger partial charge on any atom is 0 e. The van der Waals surface area contributed by atoms with Gasteiger partial charge in [-0.05, 0) is 0 Å². The number of hydrogen-bond donors (Lipinski definition) is 2. The Morgan fingerprint density at radius 1 is 1.40 bits per heavy atom. The first-order valence-corrected chi connectivity index (χ1v) is 3.57. The largest absolute Gasteiger partial charge is 0 e. The molecule has 0 heterocycles. The molecule has 0 saturated heterocycles. The van der Waals surface area contributed by atoms with Crippen LogP contribution in [0, 0.1) is 0 Å². The second kappa shape index (κ2) is 5.28. The zero-order valence-electron chi connectivity index (χ0n) is 2.42. The molecular formula is H2MgO3Te. The van der Waals surface area contributed by atoms with E-state index in [1.165, 1.54) is 0 Å². The van der Waals surface area contributed by atoms with Gasteiger partial charge in [0, 0.05) is 23.1 Å². The van der Waals surface area contributed by atoms with E-state index in [0.29, 0.717) is 0 Å². The van der Waals surface area contributed by atoms with Crippen molar-refractivity contribution >= 4 is 43.4 Å². The average Bonchev–Trinajstić information content (AvgIpc) is 0.811. The topological polar surface area (TPSA) is 57.5 Å². The first-order chi connectivity index (χ1) is 1.73. The van der Waals surface area contributed by atoms with Gasteiger partial charge in [-0.15, -0.1) is 0 Å². The van der Waals surface area contributed by atoms with Crippen LogP contribution in [-0.4, -0.2) is 50.4 Å². The summed E-state index contributed by atoms with van der Waals surface area (Å²) in [7, 11) is 0. The van der Waals surface area contributed by atoms with Crippen molar-refractivity contribution < 1.29 is 10.0 Å². The molecule has 0 aromatic carbocycles. The van der Waals surface area contributed by atoms with Crippen LogP contribution in [-0.2, 0) is 3.10 Å². The average molecular weight is 202 g/mol. The molecule has 3 nitrogen and oxygen atoms in total. The number of rotatable bonds is 0. The Balaban J connectivity index is 0. The summed E-state index contributed by atoms with van der Waals surface area (Å²) in [5.41, 5.74) is 0. The molecule has 0 fully saturated rings. The van der Waals surface area contributed by atoms with E-state index in [9.17, 15) is 0 Å². The van der Waals surface area contributed by atoms with Crippen LogP contribution in [0.2, 0.25) is 0 Å². The maximum atomic E-state index is 8.81. The van der Waals surface area contributed by atoms with Gasteiger partial charge in [-0.2, -0.15) is 0 Å². The van der Waals surface area contributed by atoms with Crippen LogP contribution in [0.1, 0.15) is 0 Å². The molecule has 28 valence electrons. The smallest absolute Gasteiger partial charge is 0 e. The van der Waals surface area contributed by atoms with Gasteiger partial charge in [-0.3, -0.25) is 0 Å². The molecule has 0 amide bonds. The van der Waals surface area contributed by atoms with Crippen LogP contribution < -0.4 is 0 Å². The fourth-order valence-corrected chi connectivity index (χ4v) is 0. The Kier molecular flexibility index (Phi) is 10.1. The molecule has 0 aliphatic heterocycles. The quantitative estimate of drug-likeness (QED) is 0.447. The van der Waals surface area contributed by atoms with Crippen molar-refractivity contribution in [3.05, 3.63) is 0 Å². The van der Waals surface area contributed by atoms with Crippen LogP contribution in [0.15, 0.2) is 0 Å². The minimum Gasteiger partial charge on any atom is 0 e. The molecular weight excluding hydrogens is 200 g/mol. The van der Waals surface area contributed by atoms with Gasteiger partial charge in [-0.25, -0.2) is 0 Å². The van der Waals surface area contributed by atoms with Crippen LogP contribution in [0.3, 0.4) is 0 Å². The maximum absolute atomic E-state index is 8.81. The second-order valence-electron chi connectivity index (χ2n) is 0.231. The predicted octanol–water partition coefficient (Wildman–Crippen LogP) is -1.99. The van der Waals surface area contributed by atoms with Crippen LogP contribution in [0.5, 0.6) is 0 Å². The van der Waals surface area contributed by atoms with E-state index in [2.05, 4.69) is 0 Å². The SMILES string of the molecule is O=[Te](O)O.[Mg]. The van der Waals surface area contributed by atoms with Crippen molar-refractivity contribution in [1.29, 1.82) is 0 Å². The molecule has 0 unspecified atom stereocenters. The van der Waals surface area contributed by atoms with Gasteiger partial charge in [0.05, 0.1) is 0 Å². The summed E-state index contributed by atoms with van der Waals surface area (Å²) < 4.78 is 23.3. The molecule has 0 bridgehead atoms. The van der Waals surface area contributed by atoms with Crippen molar-refractivity contribution in [3.63, 3.8) is 0 Å². The summed E-state index contributed by atoms with van der Waals surface area (Å²) in [6, 6.07) is 0. The molecule has 0 aliphatic rings. The Morgan fingerprint density at radius 3 is 1.40 bits per heavy atom. The zero-order valence-corrected chi connectivity index (χ0v) is 6.16. The van der Waals surface area contributed by atoms with E-state index in [1.807, 2.05) is 0 Å². The Hall–Kier alpha value is 1.28. The predicted molar refractivity (Wildman–Crippen MR) is 16.6 cm³/mol. The van der Waals surface area contributed by atoms with Gasteiger partial charge in [-0.1, -0.05) is 0 Å². The monoisotopic (exact) mass is 204 g/mol. The van der Waals surface area contributed by atoms with Crippen molar-refractivity contribution in [2.24, 2.45) is 0 Å². The molecule has 0 aliphatic carbocycles. The fourth-order valence-electron chi connectivity index (χ4n) is 0. The van der Waals surface area contributed by atoms with Crippen molar-refractivity contribution in [2.75, 3.05) is 0 Å². The van der Waals surface area contributed by atoms with Gasteiger partial charge < -0.3 is 0 Å². The summed E-state index contributed by atoms with van der Waals surface area (Å²) in [4.78, 5) is 0. The van der Waals surface area contributed by atoms with Crippen LogP contribution in [0.25, 0.3) is 0 Å². The van der Waals surface area contributed by atoms with E-state index >= 15 is 0 Å². The van der Waals surface area contributed by atoms with E-state index in [-0.39, 0.29) is 23.1 Å². The Morgan fingerprint density at radius 2 is 1.40 bits per heavy atom. The summed E-state index contributed by atoms with van der Waals surface area (Å²) in [5, 5.41) is 0. The molecule has 0 atom stereocenters. The van der Waals surface area contributed by atoms with Crippen LogP contribution >= 0.6 is 0 Å². The molecule has 0 rings (SSSR count). The molecule has 2 N–H and O–H groups in total. The van der Waals surface area contributed by atoms with Gasteiger partial charge in [0.1, 0.15) is 0 Å². The molecule has 0 aromatic heterocycles. The van der Waals surface area contributed by atoms with Gasteiger partial charge in [0.15, 0.2) is 0 Å². The van der Waals surface area contributed by atoms with Crippen LogP contribution in [0.4, 0.5) is 0 Å². The van der Waals surface area contributed by atoms with E-state index in [4.69, 9.17) is 10.0 Å². The summed E-state index contributed by atoms with van der Waals surface area (Å²) in [6.45, 7) is 0.